The van der Waals surface area contributed by atoms with Gasteiger partial charge in [-0.05, 0) is 37.6 Å². The first-order valence-electron chi connectivity index (χ1n) is 5.73. The van der Waals surface area contributed by atoms with Crippen LogP contribution in [-0.2, 0) is 9.53 Å². The van der Waals surface area contributed by atoms with Crippen LogP contribution in [0, 0.1) is 6.92 Å². The Morgan fingerprint density at radius 3 is 2.61 bits per heavy atom. The highest BCUT2D eigenvalue weighted by Gasteiger charge is 2.12. The van der Waals surface area contributed by atoms with E-state index >= 15 is 0 Å². The number of aryl methyl sites for hydroxylation is 1. The predicted molar refractivity (Wildman–Crippen MR) is 69.2 cm³/mol. The van der Waals surface area contributed by atoms with E-state index in [1.807, 2.05) is 13.8 Å². The fourth-order valence-corrected chi connectivity index (χ4v) is 1.30. The maximum absolute atomic E-state index is 11.7. The Morgan fingerprint density at radius 1 is 1.39 bits per heavy atom. The molecule has 0 aliphatic rings. The van der Waals surface area contributed by atoms with E-state index in [1.165, 1.54) is 4.90 Å². The lowest BCUT2D eigenvalue weighted by Crippen LogP contribution is -2.30. The molecule has 5 nitrogen and oxygen atoms in total. The average molecular weight is 250 g/mol. The van der Waals surface area contributed by atoms with E-state index in [-0.39, 0.29) is 12.5 Å². The minimum absolute atomic E-state index is 0.224. The van der Waals surface area contributed by atoms with Crippen LogP contribution < -0.4 is 5.73 Å². The van der Waals surface area contributed by atoms with E-state index in [4.69, 9.17) is 10.5 Å². The zero-order valence-electron chi connectivity index (χ0n) is 10.9. The molecule has 1 rings (SSSR count). The summed E-state index contributed by atoms with van der Waals surface area (Å²) >= 11 is 0. The Balaban J connectivity index is 2.60. The number of nitrogens with two attached hydrogens (primary N) is 1. The second-order valence-electron chi connectivity index (χ2n) is 4.06. The first-order chi connectivity index (χ1) is 8.45. The van der Waals surface area contributed by atoms with Gasteiger partial charge in [0.1, 0.15) is 0 Å². The number of ether oxygens (including phenoxy) is 1. The van der Waals surface area contributed by atoms with E-state index < -0.39 is 5.97 Å². The van der Waals surface area contributed by atoms with E-state index in [0.717, 1.165) is 5.56 Å². The van der Waals surface area contributed by atoms with Gasteiger partial charge in [0.15, 0.2) is 6.61 Å². The van der Waals surface area contributed by atoms with Gasteiger partial charge in [-0.2, -0.15) is 0 Å². The number of benzene rings is 1. The fraction of sp³-hybridized carbons (Fsp3) is 0.385. The maximum Gasteiger partial charge on any atom is 0.338 e. The molecule has 0 atom stereocenters. The number of hydrogen-bond donors (Lipinski definition) is 1. The number of hydrogen-bond acceptors (Lipinski definition) is 4. The Kier molecular flexibility index (Phi) is 4.71. The molecule has 0 saturated carbocycles. The summed E-state index contributed by atoms with van der Waals surface area (Å²) in [4.78, 5) is 24.6. The summed E-state index contributed by atoms with van der Waals surface area (Å²) in [6.45, 7) is 4.00. The predicted octanol–water partition coefficient (Wildman–Crippen LogP) is 1.21. The maximum atomic E-state index is 11.7. The molecule has 0 saturated heterocycles. The Bertz CT molecular complexity index is 458. The summed E-state index contributed by atoms with van der Waals surface area (Å²) in [5.41, 5.74) is 7.48. The molecule has 0 aromatic heterocycles. The van der Waals surface area contributed by atoms with Crippen LogP contribution in [0.3, 0.4) is 0 Å². The molecule has 0 aliphatic heterocycles. The molecule has 0 heterocycles. The standard InChI is InChI=1S/C13H18N2O3/c1-4-15(3)12(16)8-18-13(17)10-5-6-11(14)9(2)7-10/h5-7H,4,8,14H2,1-3H3. The summed E-state index contributed by atoms with van der Waals surface area (Å²) in [5.74, 6) is -0.742. The lowest BCUT2D eigenvalue weighted by molar-refractivity contribution is -0.133. The van der Waals surface area contributed by atoms with Crippen LogP contribution in [0.1, 0.15) is 22.8 Å². The molecule has 0 radical (unpaired) electrons. The van der Waals surface area contributed by atoms with Crippen LogP contribution in [0.15, 0.2) is 18.2 Å². The third-order valence-electron chi connectivity index (χ3n) is 2.73. The molecule has 5 heteroatoms. The van der Waals surface area contributed by atoms with E-state index in [0.29, 0.717) is 17.8 Å². The first-order valence-corrected chi connectivity index (χ1v) is 5.73. The molecule has 0 unspecified atom stereocenters. The number of esters is 1. The average Bonchev–Trinajstić information content (AvgIpc) is 2.37. The number of nitrogen functional groups attached to an aromatic ring is 1. The van der Waals surface area contributed by atoms with E-state index in [2.05, 4.69) is 0 Å². The van der Waals surface area contributed by atoms with Gasteiger partial charge in [-0.15, -0.1) is 0 Å². The lowest BCUT2D eigenvalue weighted by Gasteiger charge is -2.14. The zero-order valence-corrected chi connectivity index (χ0v) is 10.9. The van der Waals surface area contributed by atoms with Crippen molar-refractivity contribution in [1.82, 2.24) is 4.90 Å². The van der Waals surface area contributed by atoms with Crippen LogP contribution in [0.2, 0.25) is 0 Å². The van der Waals surface area contributed by atoms with Crippen molar-refractivity contribution in [3.63, 3.8) is 0 Å². The molecular weight excluding hydrogens is 232 g/mol. The molecular formula is C13H18N2O3. The number of anilines is 1. The Labute approximate surface area is 107 Å². The molecule has 0 bridgehead atoms. The summed E-state index contributed by atoms with van der Waals surface area (Å²) in [5, 5.41) is 0. The monoisotopic (exact) mass is 250 g/mol. The SMILES string of the molecule is CCN(C)C(=O)COC(=O)c1ccc(N)c(C)c1. The molecule has 0 spiro atoms. The smallest absolute Gasteiger partial charge is 0.338 e. The van der Waals surface area contributed by atoms with Crippen molar-refractivity contribution in [3.05, 3.63) is 29.3 Å². The third-order valence-corrected chi connectivity index (χ3v) is 2.73. The second-order valence-corrected chi connectivity index (χ2v) is 4.06. The van der Waals surface area contributed by atoms with Crippen molar-refractivity contribution in [2.24, 2.45) is 0 Å². The van der Waals surface area contributed by atoms with Gasteiger partial charge in [0.05, 0.1) is 5.56 Å². The number of rotatable bonds is 4. The summed E-state index contributed by atoms with van der Waals surface area (Å²) in [7, 11) is 1.66. The molecule has 18 heavy (non-hydrogen) atoms. The molecule has 1 aromatic carbocycles. The first kappa shape index (κ1) is 14.0. The second kappa shape index (κ2) is 6.05. The summed E-state index contributed by atoms with van der Waals surface area (Å²) in [6.07, 6.45) is 0. The van der Waals surface area contributed by atoms with Crippen molar-refractivity contribution >= 4 is 17.6 Å². The summed E-state index contributed by atoms with van der Waals surface area (Å²) in [6, 6.07) is 4.87. The van der Waals surface area contributed by atoms with Gasteiger partial charge < -0.3 is 15.4 Å². The molecule has 0 fully saturated rings. The van der Waals surface area contributed by atoms with Gasteiger partial charge >= 0.3 is 5.97 Å². The van der Waals surface area contributed by atoms with Gasteiger partial charge in [-0.25, -0.2) is 4.79 Å². The number of carbonyl (C=O) groups excluding carboxylic acids is 2. The number of nitrogens with zero attached hydrogens (tertiary/aromatic N) is 1. The third kappa shape index (κ3) is 3.48. The Morgan fingerprint density at radius 2 is 2.06 bits per heavy atom. The topological polar surface area (TPSA) is 72.6 Å². The number of carbonyl (C=O) groups is 2. The zero-order chi connectivity index (χ0) is 13.7. The van der Waals surface area contributed by atoms with E-state index in [9.17, 15) is 9.59 Å². The lowest BCUT2D eigenvalue weighted by atomic mass is 10.1. The van der Waals surface area contributed by atoms with Gasteiger partial charge in [-0.3, -0.25) is 4.79 Å². The van der Waals surface area contributed by atoms with Crippen LogP contribution in [-0.4, -0.2) is 37.0 Å². The van der Waals surface area contributed by atoms with Crippen LogP contribution in [0.4, 0.5) is 5.69 Å². The van der Waals surface area contributed by atoms with Gasteiger partial charge in [0.25, 0.3) is 5.91 Å². The highest BCUT2D eigenvalue weighted by atomic mass is 16.5. The van der Waals surface area contributed by atoms with Gasteiger partial charge in [0.2, 0.25) is 0 Å². The van der Waals surface area contributed by atoms with Gasteiger partial charge in [-0.1, -0.05) is 0 Å². The fourth-order valence-electron chi connectivity index (χ4n) is 1.30. The minimum Gasteiger partial charge on any atom is -0.452 e. The number of likely N-dealkylation sites (N-methyl/N-ethyl adjacent to an activating group) is 1. The molecule has 1 amide bonds. The highest BCUT2D eigenvalue weighted by Crippen LogP contribution is 2.13. The summed E-state index contributed by atoms with van der Waals surface area (Å²) < 4.78 is 4.94. The normalized spacial score (nSPS) is 9.94. The minimum atomic E-state index is -0.518. The van der Waals surface area contributed by atoms with Crippen molar-refractivity contribution in [3.8, 4) is 0 Å². The van der Waals surface area contributed by atoms with Crippen LogP contribution >= 0.6 is 0 Å². The molecule has 1 aromatic rings. The highest BCUT2D eigenvalue weighted by molar-refractivity contribution is 5.92. The molecule has 2 N–H and O–H groups in total. The van der Waals surface area contributed by atoms with Crippen molar-refractivity contribution in [2.45, 2.75) is 13.8 Å². The van der Waals surface area contributed by atoms with Crippen molar-refractivity contribution < 1.29 is 14.3 Å². The van der Waals surface area contributed by atoms with Crippen molar-refractivity contribution in [1.29, 1.82) is 0 Å². The largest absolute Gasteiger partial charge is 0.452 e. The van der Waals surface area contributed by atoms with Crippen LogP contribution in [0.25, 0.3) is 0 Å². The molecule has 98 valence electrons. The van der Waals surface area contributed by atoms with Gasteiger partial charge in [0, 0.05) is 19.3 Å². The number of amides is 1. The molecule has 0 aliphatic carbocycles. The quantitative estimate of drug-likeness (QED) is 0.644. The van der Waals surface area contributed by atoms with Crippen LogP contribution in [0.5, 0.6) is 0 Å². The Hall–Kier alpha value is -2.04. The van der Waals surface area contributed by atoms with E-state index in [1.54, 1.807) is 25.2 Å². The van der Waals surface area contributed by atoms with Crippen molar-refractivity contribution in [2.75, 3.05) is 25.9 Å².